The Bertz CT molecular complexity index is 243. The van der Waals surface area contributed by atoms with Gasteiger partial charge >= 0.3 is 0 Å². The lowest BCUT2D eigenvalue weighted by Gasteiger charge is -2.33. The highest BCUT2D eigenvalue weighted by atomic mass is 16.3. The van der Waals surface area contributed by atoms with E-state index in [9.17, 15) is 5.11 Å². The molecule has 0 aromatic heterocycles. The summed E-state index contributed by atoms with van der Waals surface area (Å²) in [5, 5.41) is 9.77. The third kappa shape index (κ3) is 4.83. The van der Waals surface area contributed by atoms with Crippen LogP contribution in [0.15, 0.2) is 11.6 Å². The zero-order valence-electron chi connectivity index (χ0n) is 10.9. The van der Waals surface area contributed by atoms with Gasteiger partial charge in [0, 0.05) is 0 Å². The Morgan fingerprint density at radius 2 is 2.00 bits per heavy atom. The van der Waals surface area contributed by atoms with Crippen molar-refractivity contribution in [2.75, 3.05) is 0 Å². The lowest BCUT2D eigenvalue weighted by molar-refractivity contribution is 0.136. The van der Waals surface area contributed by atoms with Crippen LogP contribution in [0.1, 0.15) is 60.3 Å². The molecule has 0 heterocycles. The Morgan fingerprint density at radius 3 is 2.47 bits per heavy atom. The van der Waals surface area contributed by atoms with Gasteiger partial charge in [-0.2, -0.15) is 0 Å². The van der Waals surface area contributed by atoms with Crippen molar-refractivity contribution in [3.8, 4) is 0 Å². The molecule has 0 saturated carbocycles. The van der Waals surface area contributed by atoms with E-state index in [1.807, 2.05) is 0 Å². The van der Waals surface area contributed by atoms with Crippen molar-refractivity contribution in [1.29, 1.82) is 0 Å². The summed E-state index contributed by atoms with van der Waals surface area (Å²) in [6, 6.07) is 0. The van der Waals surface area contributed by atoms with Crippen LogP contribution in [-0.4, -0.2) is 11.2 Å². The second-order valence-electron chi connectivity index (χ2n) is 7.00. The SMILES string of the molecule is CC(C)(C)CCC1=CC(O)CC(C)(C)C1. The Hall–Kier alpha value is -0.300. The van der Waals surface area contributed by atoms with Gasteiger partial charge in [0.2, 0.25) is 0 Å². The van der Waals surface area contributed by atoms with Crippen molar-refractivity contribution in [3.05, 3.63) is 11.6 Å². The number of allylic oxidation sites excluding steroid dienone is 1. The Kier molecular flexibility index (Phi) is 3.65. The largest absolute Gasteiger partial charge is 0.389 e. The Morgan fingerprint density at radius 1 is 1.40 bits per heavy atom. The summed E-state index contributed by atoms with van der Waals surface area (Å²) in [5.74, 6) is 0. The van der Waals surface area contributed by atoms with Crippen LogP contribution >= 0.6 is 0 Å². The predicted octanol–water partition coefficient (Wildman–Crippen LogP) is 3.92. The minimum absolute atomic E-state index is 0.219. The third-order valence-corrected chi connectivity index (χ3v) is 3.09. The fraction of sp³-hybridized carbons (Fsp3) is 0.857. The van der Waals surface area contributed by atoms with Gasteiger partial charge in [-0.25, -0.2) is 0 Å². The van der Waals surface area contributed by atoms with Gasteiger partial charge in [0.05, 0.1) is 6.10 Å². The van der Waals surface area contributed by atoms with Gasteiger partial charge in [-0.3, -0.25) is 0 Å². The van der Waals surface area contributed by atoms with Crippen LogP contribution in [0.2, 0.25) is 0 Å². The lowest BCUT2D eigenvalue weighted by atomic mass is 9.74. The molecule has 1 N–H and O–H groups in total. The van der Waals surface area contributed by atoms with E-state index in [0.717, 1.165) is 19.3 Å². The van der Waals surface area contributed by atoms with Crippen molar-refractivity contribution >= 4 is 0 Å². The summed E-state index contributed by atoms with van der Waals surface area (Å²) in [6.45, 7) is 11.3. The van der Waals surface area contributed by atoms with Crippen molar-refractivity contribution in [3.63, 3.8) is 0 Å². The number of rotatable bonds is 2. The first-order valence-electron chi connectivity index (χ1n) is 6.06. The highest BCUT2D eigenvalue weighted by Crippen LogP contribution is 2.38. The summed E-state index contributed by atoms with van der Waals surface area (Å²) in [6.07, 6.45) is 6.28. The van der Waals surface area contributed by atoms with Gasteiger partial charge in [0.1, 0.15) is 0 Å². The lowest BCUT2D eigenvalue weighted by Crippen LogP contribution is -2.25. The molecular formula is C14H26O. The van der Waals surface area contributed by atoms with Gasteiger partial charge in [0.25, 0.3) is 0 Å². The van der Waals surface area contributed by atoms with E-state index in [2.05, 4.69) is 40.7 Å². The fourth-order valence-electron chi connectivity index (χ4n) is 2.35. The second-order valence-corrected chi connectivity index (χ2v) is 7.00. The number of hydrogen-bond donors (Lipinski definition) is 1. The van der Waals surface area contributed by atoms with Crippen molar-refractivity contribution in [1.82, 2.24) is 0 Å². The smallest absolute Gasteiger partial charge is 0.0728 e. The van der Waals surface area contributed by atoms with E-state index in [1.54, 1.807) is 0 Å². The molecule has 1 rings (SSSR count). The molecule has 0 radical (unpaired) electrons. The molecule has 1 aliphatic carbocycles. The van der Waals surface area contributed by atoms with E-state index < -0.39 is 0 Å². The number of aliphatic hydroxyl groups is 1. The van der Waals surface area contributed by atoms with Crippen LogP contribution in [0.3, 0.4) is 0 Å². The molecular weight excluding hydrogens is 184 g/mol. The maximum atomic E-state index is 9.77. The molecule has 1 nitrogen and oxygen atoms in total. The molecule has 0 bridgehead atoms. The quantitative estimate of drug-likeness (QED) is 0.685. The molecule has 0 spiro atoms. The fourth-order valence-corrected chi connectivity index (χ4v) is 2.35. The first-order valence-corrected chi connectivity index (χ1v) is 6.06. The molecule has 0 aliphatic heterocycles. The molecule has 0 aromatic carbocycles. The standard InChI is InChI=1S/C14H26O/c1-13(2,3)7-6-11-8-12(15)10-14(4,5)9-11/h8,12,15H,6-7,9-10H2,1-5H3. The molecule has 1 heteroatoms. The minimum Gasteiger partial charge on any atom is -0.389 e. The molecule has 15 heavy (non-hydrogen) atoms. The average molecular weight is 210 g/mol. The molecule has 0 aromatic rings. The van der Waals surface area contributed by atoms with E-state index in [1.165, 1.54) is 12.0 Å². The van der Waals surface area contributed by atoms with Gasteiger partial charge < -0.3 is 5.11 Å². The highest BCUT2D eigenvalue weighted by molar-refractivity contribution is 5.13. The van der Waals surface area contributed by atoms with Crippen LogP contribution in [0.4, 0.5) is 0 Å². The zero-order chi connectivity index (χ0) is 11.7. The summed E-state index contributed by atoms with van der Waals surface area (Å²) in [4.78, 5) is 0. The van der Waals surface area contributed by atoms with Crippen molar-refractivity contribution in [2.45, 2.75) is 66.4 Å². The van der Waals surface area contributed by atoms with Gasteiger partial charge in [-0.05, 0) is 36.5 Å². The monoisotopic (exact) mass is 210 g/mol. The van der Waals surface area contributed by atoms with Crippen LogP contribution in [0.25, 0.3) is 0 Å². The summed E-state index contributed by atoms with van der Waals surface area (Å²) < 4.78 is 0. The highest BCUT2D eigenvalue weighted by Gasteiger charge is 2.27. The first-order chi connectivity index (χ1) is 6.68. The minimum atomic E-state index is -0.219. The first kappa shape index (κ1) is 12.8. The van der Waals surface area contributed by atoms with Gasteiger partial charge in [-0.1, -0.05) is 46.3 Å². The summed E-state index contributed by atoms with van der Waals surface area (Å²) >= 11 is 0. The van der Waals surface area contributed by atoms with E-state index in [0.29, 0.717) is 5.41 Å². The number of hydrogen-bond acceptors (Lipinski definition) is 1. The Balaban J connectivity index is 2.55. The second kappa shape index (κ2) is 4.29. The van der Waals surface area contributed by atoms with E-state index in [4.69, 9.17) is 0 Å². The van der Waals surface area contributed by atoms with Crippen molar-refractivity contribution in [2.24, 2.45) is 10.8 Å². The maximum absolute atomic E-state index is 9.77. The maximum Gasteiger partial charge on any atom is 0.0728 e. The van der Waals surface area contributed by atoms with Crippen LogP contribution in [0.5, 0.6) is 0 Å². The molecule has 88 valence electrons. The predicted molar refractivity (Wildman–Crippen MR) is 65.8 cm³/mol. The molecule has 0 amide bonds. The third-order valence-electron chi connectivity index (χ3n) is 3.09. The molecule has 1 atom stereocenters. The zero-order valence-corrected chi connectivity index (χ0v) is 10.9. The Labute approximate surface area is 94.6 Å². The van der Waals surface area contributed by atoms with E-state index in [-0.39, 0.29) is 11.5 Å². The normalized spacial score (nSPS) is 26.3. The van der Waals surface area contributed by atoms with Gasteiger partial charge in [0.15, 0.2) is 0 Å². The average Bonchev–Trinajstić information content (AvgIpc) is 1.95. The van der Waals surface area contributed by atoms with Crippen LogP contribution in [-0.2, 0) is 0 Å². The molecule has 1 aliphatic rings. The van der Waals surface area contributed by atoms with Crippen LogP contribution < -0.4 is 0 Å². The molecule has 1 unspecified atom stereocenters. The van der Waals surface area contributed by atoms with Gasteiger partial charge in [-0.15, -0.1) is 0 Å². The summed E-state index contributed by atoms with van der Waals surface area (Å²) in [5.41, 5.74) is 2.13. The summed E-state index contributed by atoms with van der Waals surface area (Å²) in [7, 11) is 0. The van der Waals surface area contributed by atoms with Crippen molar-refractivity contribution < 1.29 is 5.11 Å². The molecule has 0 fully saturated rings. The van der Waals surface area contributed by atoms with E-state index >= 15 is 0 Å². The van der Waals surface area contributed by atoms with Crippen LogP contribution in [0, 0.1) is 10.8 Å². The topological polar surface area (TPSA) is 20.2 Å². The molecule has 0 saturated heterocycles. The number of aliphatic hydroxyl groups excluding tert-OH is 1.